The Balaban J connectivity index is 1.79. The minimum absolute atomic E-state index is 0.319. The summed E-state index contributed by atoms with van der Waals surface area (Å²) in [6.45, 7) is 3.75. The Labute approximate surface area is 145 Å². The van der Waals surface area contributed by atoms with Crippen LogP contribution in [0.2, 0.25) is 0 Å². The van der Waals surface area contributed by atoms with Gasteiger partial charge in [-0.1, -0.05) is 11.2 Å². The van der Waals surface area contributed by atoms with Crippen LogP contribution >= 0.6 is 0 Å². The number of hydrogen-bond donors (Lipinski definition) is 2. The minimum atomic E-state index is -0.319. The monoisotopic (exact) mass is 338 g/mol. The van der Waals surface area contributed by atoms with Crippen molar-refractivity contribution < 1.29 is 14.1 Å². The van der Waals surface area contributed by atoms with Crippen LogP contribution in [0.5, 0.6) is 5.75 Å². The molecule has 7 heteroatoms. The van der Waals surface area contributed by atoms with Crippen molar-refractivity contribution in [3.8, 4) is 5.75 Å². The molecular weight excluding hydrogens is 320 g/mol. The van der Waals surface area contributed by atoms with E-state index in [0.29, 0.717) is 28.6 Å². The summed E-state index contributed by atoms with van der Waals surface area (Å²) in [6.07, 6.45) is 3.12. The van der Waals surface area contributed by atoms with Crippen molar-refractivity contribution in [2.24, 2.45) is 0 Å². The molecule has 1 aromatic carbocycles. The molecule has 3 rings (SSSR count). The van der Waals surface area contributed by atoms with Crippen molar-refractivity contribution in [3.63, 3.8) is 0 Å². The predicted octanol–water partition coefficient (Wildman–Crippen LogP) is 3.69. The quantitative estimate of drug-likeness (QED) is 0.737. The molecule has 25 heavy (non-hydrogen) atoms. The van der Waals surface area contributed by atoms with E-state index < -0.39 is 0 Å². The molecule has 0 atom stereocenters. The fourth-order valence-electron chi connectivity index (χ4n) is 2.32. The van der Waals surface area contributed by atoms with Crippen LogP contribution in [-0.2, 0) is 0 Å². The molecule has 0 aliphatic rings. The highest BCUT2D eigenvalue weighted by atomic mass is 16.5. The molecule has 0 radical (unpaired) electrons. The Morgan fingerprint density at radius 1 is 1.16 bits per heavy atom. The Morgan fingerprint density at radius 3 is 2.72 bits per heavy atom. The number of amides is 1. The van der Waals surface area contributed by atoms with Gasteiger partial charge in [0.1, 0.15) is 11.5 Å². The number of aryl methyl sites for hydroxylation is 2. The van der Waals surface area contributed by atoms with Crippen LogP contribution in [0.1, 0.15) is 21.7 Å². The van der Waals surface area contributed by atoms with Crippen molar-refractivity contribution in [3.05, 3.63) is 59.6 Å². The number of anilines is 3. The van der Waals surface area contributed by atoms with Crippen LogP contribution in [0, 0.1) is 13.8 Å². The molecule has 2 heterocycles. The molecular formula is C18H18N4O3. The second kappa shape index (κ2) is 7.04. The lowest BCUT2D eigenvalue weighted by Crippen LogP contribution is -2.12. The van der Waals surface area contributed by atoms with Gasteiger partial charge in [0.2, 0.25) is 0 Å². The van der Waals surface area contributed by atoms with Crippen molar-refractivity contribution in [2.45, 2.75) is 13.8 Å². The van der Waals surface area contributed by atoms with Gasteiger partial charge in [-0.3, -0.25) is 9.78 Å². The van der Waals surface area contributed by atoms with Gasteiger partial charge in [0.25, 0.3) is 5.91 Å². The summed E-state index contributed by atoms with van der Waals surface area (Å²) >= 11 is 0. The molecule has 0 aliphatic heterocycles. The van der Waals surface area contributed by atoms with Gasteiger partial charge in [0.15, 0.2) is 5.82 Å². The van der Waals surface area contributed by atoms with E-state index in [1.165, 1.54) is 6.20 Å². The van der Waals surface area contributed by atoms with Crippen LogP contribution in [0.3, 0.4) is 0 Å². The highest BCUT2D eigenvalue weighted by Gasteiger charge is 2.11. The average Bonchev–Trinajstić information content (AvgIpc) is 3.00. The van der Waals surface area contributed by atoms with Crippen LogP contribution in [-0.4, -0.2) is 23.2 Å². The maximum Gasteiger partial charge on any atom is 0.258 e. The largest absolute Gasteiger partial charge is 0.495 e. The lowest BCUT2D eigenvalue weighted by atomic mass is 10.2. The normalized spacial score (nSPS) is 10.4. The Morgan fingerprint density at radius 2 is 2.00 bits per heavy atom. The van der Waals surface area contributed by atoms with Crippen LogP contribution in [0.25, 0.3) is 0 Å². The summed E-state index contributed by atoms with van der Waals surface area (Å²) in [7, 11) is 1.61. The molecule has 2 N–H and O–H groups in total. The summed E-state index contributed by atoms with van der Waals surface area (Å²) in [5.74, 6) is 1.37. The fourth-order valence-corrected chi connectivity index (χ4v) is 2.32. The Kier molecular flexibility index (Phi) is 4.65. The first-order valence-electron chi connectivity index (χ1n) is 7.66. The smallest absolute Gasteiger partial charge is 0.258 e. The number of rotatable bonds is 5. The Bertz CT molecular complexity index is 905. The SMILES string of the molecule is COc1ccc(C)cc1Nc1cncc(C(=O)Nc2cc(C)on2)c1. The number of carbonyl (C=O) groups is 1. The number of ether oxygens (including phenoxy) is 1. The highest BCUT2D eigenvalue weighted by Crippen LogP contribution is 2.28. The maximum absolute atomic E-state index is 12.3. The van der Waals surface area contributed by atoms with Crippen LogP contribution < -0.4 is 15.4 Å². The number of pyridine rings is 1. The van der Waals surface area contributed by atoms with Crippen LogP contribution in [0.4, 0.5) is 17.2 Å². The molecule has 0 fully saturated rings. The van der Waals surface area contributed by atoms with E-state index >= 15 is 0 Å². The number of aromatic nitrogens is 2. The van der Waals surface area contributed by atoms with Gasteiger partial charge in [0.05, 0.1) is 30.2 Å². The lowest BCUT2D eigenvalue weighted by Gasteiger charge is -2.12. The van der Waals surface area contributed by atoms with Crippen molar-refractivity contribution in [2.75, 3.05) is 17.7 Å². The second-order valence-corrected chi connectivity index (χ2v) is 5.57. The number of nitrogens with zero attached hydrogens (tertiary/aromatic N) is 2. The first-order valence-corrected chi connectivity index (χ1v) is 7.66. The summed E-state index contributed by atoms with van der Waals surface area (Å²) in [5, 5.41) is 9.64. The average molecular weight is 338 g/mol. The second-order valence-electron chi connectivity index (χ2n) is 5.57. The summed E-state index contributed by atoms with van der Waals surface area (Å²) in [5.41, 5.74) is 2.96. The Hall–Kier alpha value is -3.35. The molecule has 3 aromatic rings. The van der Waals surface area contributed by atoms with Gasteiger partial charge in [-0.15, -0.1) is 0 Å². The molecule has 7 nitrogen and oxygen atoms in total. The van der Waals surface area contributed by atoms with E-state index in [4.69, 9.17) is 9.26 Å². The molecule has 0 saturated carbocycles. The predicted molar refractivity (Wildman–Crippen MR) is 94.4 cm³/mol. The molecule has 2 aromatic heterocycles. The van der Waals surface area contributed by atoms with E-state index in [9.17, 15) is 4.79 Å². The maximum atomic E-state index is 12.3. The van der Waals surface area contributed by atoms with E-state index in [0.717, 1.165) is 11.3 Å². The molecule has 0 bridgehead atoms. The number of nitrogens with one attached hydrogen (secondary N) is 2. The summed E-state index contributed by atoms with van der Waals surface area (Å²) < 4.78 is 10.3. The van der Waals surface area contributed by atoms with E-state index in [1.807, 2.05) is 25.1 Å². The van der Waals surface area contributed by atoms with Gasteiger partial charge in [-0.05, 0) is 37.6 Å². The zero-order chi connectivity index (χ0) is 17.8. The first kappa shape index (κ1) is 16.5. The number of benzene rings is 1. The molecule has 0 unspecified atom stereocenters. The molecule has 0 spiro atoms. The fraction of sp³-hybridized carbons (Fsp3) is 0.167. The first-order chi connectivity index (χ1) is 12.0. The third-order valence-electron chi connectivity index (χ3n) is 3.50. The zero-order valence-electron chi connectivity index (χ0n) is 14.2. The standard InChI is InChI=1S/C18H18N4O3/c1-11-4-5-16(24-3)15(6-11)20-14-8-13(9-19-10-14)18(23)21-17-7-12(2)25-22-17/h4-10,20H,1-3H3,(H,21,22,23). The third kappa shape index (κ3) is 3.95. The lowest BCUT2D eigenvalue weighted by molar-refractivity contribution is 0.102. The summed E-state index contributed by atoms with van der Waals surface area (Å²) in [6, 6.07) is 9.16. The van der Waals surface area contributed by atoms with Crippen molar-refractivity contribution in [1.29, 1.82) is 0 Å². The van der Waals surface area contributed by atoms with E-state index in [1.54, 1.807) is 32.4 Å². The summed E-state index contributed by atoms with van der Waals surface area (Å²) in [4.78, 5) is 16.4. The van der Waals surface area contributed by atoms with Gasteiger partial charge >= 0.3 is 0 Å². The molecule has 0 aliphatic carbocycles. The zero-order valence-corrected chi connectivity index (χ0v) is 14.2. The third-order valence-corrected chi connectivity index (χ3v) is 3.50. The van der Waals surface area contributed by atoms with Gasteiger partial charge in [-0.2, -0.15) is 0 Å². The van der Waals surface area contributed by atoms with E-state index in [2.05, 4.69) is 20.8 Å². The number of hydrogen-bond acceptors (Lipinski definition) is 6. The topological polar surface area (TPSA) is 89.3 Å². The molecule has 128 valence electrons. The number of carbonyl (C=O) groups excluding carboxylic acids is 1. The van der Waals surface area contributed by atoms with E-state index in [-0.39, 0.29) is 5.91 Å². The van der Waals surface area contributed by atoms with Crippen molar-refractivity contribution in [1.82, 2.24) is 10.1 Å². The molecule has 0 saturated heterocycles. The highest BCUT2D eigenvalue weighted by molar-refractivity contribution is 6.04. The molecule has 1 amide bonds. The van der Waals surface area contributed by atoms with Gasteiger partial charge < -0.3 is 19.9 Å². The van der Waals surface area contributed by atoms with Crippen molar-refractivity contribution >= 4 is 23.1 Å². The van der Waals surface area contributed by atoms with Gasteiger partial charge in [-0.25, -0.2) is 0 Å². The van der Waals surface area contributed by atoms with Gasteiger partial charge in [0, 0.05) is 12.3 Å². The minimum Gasteiger partial charge on any atom is -0.495 e. The van der Waals surface area contributed by atoms with Crippen LogP contribution in [0.15, 0.2) is 47.2 Å². The number of methoxy groups -OCH3 is 1.